The van der Waals surface area contributed by atoms with Gasteiger partial charge in [0.1, 0.15) is 12.1 Å². The second-order valence-electron chi connectivity index (χ2n) is 14.2. The van der Waals surface area contributed by atoms with Gasteiger partial charge in [-0.25, -0.2) is 9.97 Å². The van der Waals surface area contributed by atoms with Gasteiger partial charge < -0.3 is 45.1 Å². The minimum Gasteiger partial charge on any atom is -0.406 e. The maximum absolute atomic E-state index is 13.2. The highest BCUT2D eigenvalue weighted by Gasteiger charge is 2.32. The Morgan fingerprint density at radius 3 is 2.30 bits per heavy atom. The molecule has 3 aliphatic rings. The van der Waals surface area contributed by atoms with Crippen LogP contribution in [0.4, 0.5) is 24.5 Å². The van der Waals surface area contributed by atoms with E-state index in [9.17, 15) is 32.7 Å². The molecule has 56 heavy (non-hydrogen) atoms. The number of nitrogen functional groups attached to an aromatic ring is 1. The van der Waals surface area contributed by atoms with E-state index in [0.717, 1.165) is 67.1 Å². The van der Waals surface area contributed by atoms with Gasteiger partial charge in [0.05, 0.1) is 55.9 Å². The number of anilines is 2. The molecule has 4 N–H and O–H groups in total. The number of nitrogens with zero attached hydrogens (tertiary/aromatic N) is 6. The lowest BCUT2D eigenvalue weighted by Crippen LogP contribution is -2.47. The van der Waals surface area contributed by atoms with Crippen molar-refractivity contribution in [1.29, 1.82) is 0 Å². The topological polar surface area (TPSA) is 176 Å². The Hall–Kier alpha value is -4.78. The molecule has 0 radical (unpaired) electrons. The number of ether oxygens (including phenoxy) is 3. The molecular formula is C38H49F3N8O7. The minimum atomic E-state index is -4.85. The van der Waals surface area contributed by atoms with Crippen LogP contribution in [0.1, 0.15) is 47.7 Å². The van der Waals surface area contributed by atoms with Crippen LogP contribution < -0.4 is 20.7 Å². The van der Waals surface area contributed by atoms with Crippen LogP contribution in [0.2, 0.25) is 0 Å². The fraction of sp³-hybridized carbons (Fsp3) is 0.553. The monoisotopic (exact) mass is 786 g/mol. The quantitative estimate of drug-likeness (QED) is 0.152. The number of piperidine rings is 1. The highest BCUT2D eigenvalue weighted by atomic mass is 19.4. The molecule has 0 saturated carbocycles. The number of hydrogen-bond donors (Lipinski definition) is 3. The molecule has 18 heteroatoms. The summed E-state index contributed by atoms with van der Waals surface area (Å²) in [5, 5.41) is 13.1. The second kappa shape index (κ2) is 18.9. The highest BCUT2D eigenvalue weighted by Crippen LogP contribution is 2.34. The van der Waals surface area contributed by atoms with Crippen LogP contribution in [-0.2, 0) is 19.1 Å². The van der Waals surface area contributed by atoms with Crippen molar-refractivity contribution < 1.29 is 46.9 Å². The molecule has 1 unspecified atom stereocenters. The molecule has 0 spiro atoms. The van der Waals surface area contributed by atoms with Gasteiger partial charge in [0.15, 0.2) is 0 Å². The zero-order chi connectivity index (χ0) is 39.7. The fourth-order valence-corrected chi connectivity index (χ4v) is 7.30. The standard InChI is InChI=1S/C38H49F3N8O7/c39-38(40,41)56-29-2-4-30(32(42)22-29)37(53)48-9-5-26(6-10-48)36-31-3-1-27(21-33(31)44-25-45-36)47-14-12-46(13-15-47)16-18-55-20-19-54-17-8-34(51)43-23-35(52)49-11-7-28(50)24-49/h1-4,21-22,25-26,28,50H,5-20,23-24,42H2,(H,43,51). The number of likely N-dealkylation sites (tertiary alicyclic amines) is 2. The summed E-state index contributed by atoms with van der Waals surface area (Å²) in [5.41, 5.74) is 8.87. The highest BCUT2D eigenvalue weighted by molar-refractivity contribution is 5.99. The smallest absolute Gasteiger partial charge is 0.406 e. The number of nitrogens with two attached hydrogens (primary N) is 1. The van der Waals surface area contributed by atoms with Crippen molar-refractivity contribution in [1.82, 2.24) is 30.0 Å². The summed E-state index contributed by atoms with van der Waals surface area (Å²) in [5.74, 6) is -1.15. The molecule has 3 aromatic rings. The van der Waals surface area contributed by atoms with Crippen molar-refractivity contribution in [3.8, 4) is 5.75 Å². The number of halogens is 3. The molecule has 6 rings (SSSR count). The van der Waals surface area contributed by atoms with E-state index in [0.29, 0.717) is 65.3 Å². The van der Waals surface area contributed by atoms with E-state index in [1.54, 1.807) is 16.1 Å². The lowest BCUT2D eigenvalue weighted by atomic mass is 9.90. The van der Waals surface area contributed by atoms with Gasteiger partial charge in [-0.05, 0) is 49.6 Å². The number of aromatic nitrogens is 2. The third-order valence-electron chi connectivity index (χ3n) is 10.4. The summed E-state index contributed by atoms with van der Waals surface area (Å²) in [6, 6.07) is 9.63. The normalized spacial score (nSPS) is 18.4. The number of rotatable bonds is 15. The van der Waals surface area contributed by atoms with Crippen molar-refractivity contribution in [3.63, 3.8) is 0 Å². The predicted octanol–water partition coefficient (Wildman–Crippen LogP) is 2.39. The van der Waals surface area contributed by atoms with Crippen LogP contribution >= 0.6 is 0 Å². The molecular weight excluding hydrogens is 737 g/mol. The van der Waals surface area contributed by atoms with Gasteiger partial charge in [0.25, 0.3) is 5.91 Å². The second-order valence-corrected chi connectivity index (χ2v) is 14.2. The number of amides is 3. The molecule has 15 nitrogen and oxygen atoms in total. The van der Waals surface area contributed by atoms with Gasteiger partial charge in [-0.15, -0.1) is 13.2 Å². The zero-order valence-electron chi connectivity index (χ0n) is 31.2. The van der Waals surface area contributed by atoms with Crippen LogP contribution in [0.25, 0.3) is 10.9 Å². The number of carbonyl (C=O) groups excluding carboxylic acids is 3. The number of aliphatic hydroxyl groups excluding tert-OH is 1. The third-order valence-corrected chi connectivity index (χ3v) is 10.4. The predicted molar refractivity (Wildman–Crippen MR) is 200 cm³/mol. The first-order chi connectivity index (χ1) is 26.9. The van der Waals surface area contributed by atoms with Gasteiger partial charge in [0.2, 0.25) is 11.8 Å². The van der Waals surface area contributed by atoms with Crippen LogP contribution in [0.3, 0.4) is 0 Å². The summed E-state index contributed by atoms with van der Waals surface area (Å²) in [7, 11) is 0. The molecule has 2 aromatic carbocycles. The summed E-state index contributed by atoms with van der Waals surface area (Å²) in [6.07, 6.45) is -1.69. The third kappa shape index (κ3) is 11.2. The number of alkyl halides is 3. The molecule has 0 bridgehead atoms. The Kier molecular flexibility index (Phi) is 13.8. The van der Waals surface area contributed by atoms with Gasteiger partial charge in [-0.2, -0.15) is 0 Å². The first-order valence-corrected chi connectivity index (χ1v) is 19.0. The zero-order valence-corrected chi connectivity index (χ0v) is 31.2. The van der Waals surface area contributed by atoms with Gasteiger partial charge >= 0.3 is 6.36 Å². The summed E-state index contributed by atoms with van der Waals surface area (Å²) in [4.78, 5) is 54.4. The van der Waals surface area contributed by atoms with Crippen molar-refractivity contribution >= 4 is 40.0 Å². The van der Waals surface area contributed by atoms with Crippen molar-refractivity contribution in [2.24, 2.45) is 0 Å². The maximum Gasteiger partial charge on any atom is 0.573 e. The molecule has 3 saturated heterocycles. The van der Waals surface area contributed by atoms with Gasteiger partial charge in [0, 0.05) is 94.1 Å². The molecule has 4 heterocycles. The number of nitrogens with one attached hydrogen (secondary N) is 1. The first kappa shape index (κ1) is 40.9. The van der Waals surface area contributed by atoms with Crippen molar-refractivity contribution in [2.75, 3.05) is 103 Å². The number of hydrogen-bond acceptors (Lipinski definition) is 12. The molecule has 0 aliphatic carbocycles. The van der Waals surface area contributed by atoms with Crippen molar-refractivity contribution in [3.05, 3.63) is 54.0 Å². The van der Waals surface area contributed by atoms with Gasteiger partial charge in [-0.1, -0.05) is 0 Å². The first-order valence-electron chi connectivity index (χ1n) is 19.0. The van der Waals surface area contributed by atoms with E-state index < -0.39 is 18.2 Å². The summed E-state index contributed by atoms with van der Waals surface area (Å²) >= 11 is 0. The summed E-state index contributed by atoms with van der Waals surface area (Å²) in [6.45, 7) is 7.55. The van der Waals surface area contributed by atoms with Crippen LogP contribution in [-0.4, -0.2) is 152 Å². The Morgan fingerprint density at radius 1 is 0.875 bits per heavy atom. The average molecular weight is 787 g/mol. The van der Waals surface area contributed by atoms with Crippen LogP contribution in [0.5, 0.6) is 5.75 Å². The Morgan fingerprint density at radius 2 is 1.61 bits per heavy atom. The van der Waals surface area contributed by atoms with Crippen molar-refractivity contribution in [2.45, 2.75) is 44.1 Å². The van der Waals surface area contributed by atoms with E-state index in [1.165, 1.54) is 6.07 Å². The van der Waals surface area contributed by atoms with E-state index in [2.05, 4.69) is 48.0 Å². The average Bonchev–Trinajstić information content (AvgIpc) is 3.63. The van der Waals surface area contributed by atoms with Gasteiger partial charge in [-0.3, -0.25) is 19.3 Å². The molecule has 304 valence electrons. The Bertz CT molecular complexity index is 1820. The molecule has 3 aliphatic heterocycles. The lowest BCUT2D eigenvalue weighted by molar-refractivity contribution is -0.274. The number of β-amino-alcohol motifs (C(OH)–C–C–N with tert-alkyl or cyclic N) is 1. The van der Waals surface area contributed by atoms with Crippen LogP contribution in [0, 0.1) is 0 Å². The van der Waals surface area contributed by atoms with E-state index in [-0.39, 0.29) is 54.5 Å². The number of aliphatic hydroxyl groups is 1. The van der Waals surface area contributed by atoms with E-state index in [4.69, 9.17) is 15.2 Å². The molecule has 1 atom stereocenters. The molecule has 3 fully saturated rings. The van der Waals surface area contributed by atoms with E-state index in [1.807, 2.05) is 0 Å². The number of piperazine rings is 1. The molecule has 3 amide bonds. The molecule has 1 aromatic heterocycles. The minimum absolute atomic E-state index is 0.0734. The van der Waals surface area contributed by atoms with Crippen LogP contribution in [0.15, 0.2) is 42.7 Å². The maximum atomic E-state index is 13.2. The largest absolute Gasteiger partial charge is 0.573 e. The number of benzene rings is 2. The van der Waals surface area contributed by atoms with E-state index >= 15 is 0 Å². The SMILES string of the molecule is Nc1cc(OC(F)(F)F)ccc1C(=O)N1CCC(c2ncnc3cc(N4CCN(CCOCCOCCC(=O)NCC(=O)N5CCC(O)C5)CC4)ccc23)CC1. The lowest BCUT2D eigenvalue weighted by Gasteiger charge is -2.36. The number of carbonyl (C=O) groups is 3. The summed E-state index contributed by atoms with van der Waals surface area (Å²) < 4.78 is 52.9. The Balaban J connectivity index is 0.870. The number of fused-ring (bicyclic) bond motifs is 1. The fourth-order valence-electron chi connectivity index (χ4n) is 7.30. The Labute approximate surface area is 322 Å².